The standard InChI is InChI=1S/C30H32N2O3/c1-20-7-6-10-25(17-20)28-27-18-26(14-13-23(27)15-16-32(28)30(34)24-11-12-24)35-21(2)29(33)31-19-22-8-4-3-5-9-22/h3-10,13-14,17-18,21,24,28H,11-12,15-16,19H2,1-2H3,(H,31,33)/t21-,28+/m1/s1. The molecule has 2 atom stereocenters. The molecule has 5 nitrogen and oxygen atoms in total. The van der Waals surface area contributed by atoms with E-state index in [1.807, 2.05) is 42.5 Å². The van der Waals surface area contributed by atoms with Gasteiger partial charge in [0.1, 0.15) is 5.75 Å². The van der Waals surface area contributed by atoms with E-state index in [0.29, 0.717) is 12.3 Å². The molecule has 0 saturated heterocycles. The van der Waals surface area contributed by atoms with Gasteiger partial charge in [0.05, 0.1) is 6.04 Å². The second-order valence-corrected chi connectivity index (χ2v) is 9.70. The van der Waals surface area contributed by atoms with E-state index >= 15 is 0 Å². The molecular formula is C30H32N2O3. The van der Waals surface area contributed by atoms with Crippen molar-refractivity contribution in [1.29, 1.82) is 0 Å². The van der Waals surface area contributed by atoms with Gasteiger partial charge in [-0.05, 0) is 67.5 Å². The molecule has 0 aromatic heterocycles. The van der Waals surface area contributed by atoms with Gasteiger partial charge in [-0.25, -0.2) is 0 Å². The Morgan fingerprint density at radius 2 is 1.83 bits per heavy atom. The first kappa shape index (κ1) is 23.2. The lowest BCUT2D eigenvalue weighted by molar-refractivity contribution is -0.134. The first-order chi connectivity index (χ1) is 17.0. The monoisotopic (exact) mass is 468 g/mol. The van der Waals surface area contributed by atoms with Crippen molar-refractivity contribution < 1.29 is 14.3 Å². The summed E-state index contributed by atoms with van der Waals surface area (Å²) in [6, 6.07) is 24.1. The van der Waals surface area contributed by atoms with Crippen molar-refractivity contribution in [3.05, 3.63) is 101 Å². The molecule has 180 valence electrons. The molecule has 0 spiro atoms. The number of hydrogen-bond acceptors (Lipinski definition) is 3. The van der Waals surface area contributed by atoms with Crippen LogP contribution in [0.1, 0.15) is 53.6 Å². The van der Waals surface area contributed by atoms with E-state index in [2.05, 4.69) is 47.5 Å². The van der Waals surface area contributed by atoms with Crippen LogP contribution in [0.2, 0.25) is 0 Å². The van der Waals surface area contributed by atoms with Gasteiger partial charge >= 0.3 is 0 Å². The fourth-order valence-corrected chi connectivity index (χ4v) is 4.85. The lowest BCUT2D eigenvalue weighted by Crippen LogP contribution is -2.41. The van der Waals surface area contributed by atoms with Crippen LogP contribution < -0.4 is 10.1 Å². The van der Waals surface area contributed by atoms with Gasteiger partial charge in [0.25, 0.3) is 5.91 Å². The number of benzene rings is 3. The third kappa shape index (κ3) is 5.24. The number of nitrogens with one attached hydrogen (secondary N) is 1. The molecule has 2 amide bonds. The number of aryl methyl sites for hydroxylation is 1. The number of amides is 2. The topological polar surface area (TPSA) is 58.6 Å². The highest BCUT2D eigenvalue weighted by Gasteiger charge is 2.39. The number of rotatable bonds is 7. The quantitative estimate of drug-likeness (QED) is 0.533. The van der Waals surface area contributed by atoms with Crippen molar-refractivity contribution in [1.82, 2.24) is 10.2 Å². The van der Waals surface area contributed by atoms with Crippen molar-refractivity contribution >= 4 is 11.8 Å². The molecule has 3 aromatic carbocycles. The SMILES string of the molecule is Cc1cccc([C@H]2c3cc(O[C@H](C)C(=O)NCc4ccccc4)ccc3CCN2C(=O)C2CC2)c1. The minimum atomic E-state index is -0.637. The second-order valence-electron chi connectivity index (χ2n) is 9.70. The van der Waals surface area contributed by atoms with E-state index in [0.717, 1.165) is 42.5 Å². The molecule has 1 aliphatic carbocycles. The molecular weight excluding hydrogens is 436 g/mol. The van der Waals surface area contributed by atoms with E-state index < -0.39 is 6.10 Å². The number of nitrogens with zero attached hydrogens (tertiary/aromatic N) is 1. The highest BCUT2D eigenvalue weighted by molar-refractivity contribution is 5.82. The summed E-state index contributed by atoms with van der Waals surface area (Å²) < 4.78 is 6.08. The Labute approximate surface area is 207 Å². The van der Waals surface area contributed by atoms with E-state index in [9.17, 15) is 9.59 Å². The number of fused-ring (bicyclic) bond motifs is 1. The average molecular weight is 469 g/mol. The minimum absolute atomic E-state index is 0.141. The fourth-order valence-electron chi connectivity index (χ4n) is 4.85. The second kappa shape index (κ2) is 9.95. The molecule has 0 radical (unpaired) electrons. The van der Waals surface area contributed by atoms with Crippen LogP contribution in [0.5, 0.6) is 5.75 Å². The number of carbonyl (C=O) groups is 2. The van der Waals surface area contributed by atoms with Crippen LogP contribution in [-0.2, 0) is 22.6 Å². The summed E-state index contributed by atoms with van der Waals surface area (Å²) in [6.07, 6.45) is 2.16. The number of ether oxygens (including phenoxy) is 1. The van der Waals surface area contributed by atoms with E-state index in [-0.39, 0.29) is 23.8 Å². The zero-order valence-electron chi connectivity index (χ0n) is 20.4. The number of carbonyl (C=O) groups excluding carboxylic acids is 2. The predicted molar refractivity (Wildman–Crippen MR) is 136 cm³/mol. The van der Waals surface area contributed by atoms with Crippen LogP contribution >= 0.6 is 0 Å². The summed E-state index contributed by atoms with van der Waals surface area (Å²) >= 11 is 0. The van der Waals surface area contributed by atoms with Crippen molar-refractivity contribution in [2.45, 2.75) is 51.8 Å². The Kier molecular flexibility index (Phi) is 6.58. The molecule has 0 unspecified atom stereocenters. The van der Waals surface area contributed by atoms with Gasteiger partial charge in [-0.2, -0.15) is 0 Å². The van der Waals surface area contributed by atoms with Gasteiger partial charge < -0.3 is 15.0 Å². The Morgan fingerprint density at radius 1 is 1.03 bits per heavy atom. The minimum Gasteiger partial charge on any atom is -0.481 e. The third-order valence-corrected chi connectivity index (χ3v) is 6.90. The van der Waals surface area contributed by atoms with Gasteiger partial charge in [0.2, 0.25) is 5.91 Å². The molecule has 1 saturated carbocycles. The Morgan fingerprint density at radius 3 is 2.57 bits per heavy atom. The maximum atomic E-state index is 13.2. The summed E-state index contributed by atoms with van der Waals surface area (Å²) in [4.78, 5) is 27.9. The lowest BCUT2D eigenvalue weighted by atomic mass is 9.87. The van der Waals surface area contributed by atoms with Crippen molar-refractivity contribution in [2.75, 3.05) is 6.54 Å². The normalized spacial score (nSPS) is 17.9. The van der Waals surface area contributed by atoms with Crippen LogP contribution in [0.15, 0.2) is 72.8 Å². The average Bonchev–Trinajstić information content (AvgIpc) is 3.72. The summed E-state index contributed by atoms with van der Waals surface area (Å²) in [7, 11) is 0. The molecule has 5 rings (SSSR count). The van der Waals surface area contributed by atoms with Crippen LogP contribution in [0.3, 0.4) is 0 Å². The van der Waals surface area contributed by atoms with E-state index in [4.69, 9.17) is 4.74 Å². The molecule has 1 aliphatic heterocycles. The van der Waals surface area contributed by atoms with Gasteiger partial charge in [-0.15, -0.1) is 0 Å². The summed E-state index contributed by atoms with van der Waals surface area (Å²) in [5.41, 5.74) is 5.65. The maximum Gasteiger partial charge on any atom is 0.261 e. The predicted octanol–water partition coefficient (Wildman–Crippen LogP) is 4.96. The zero-order valence-corrected chi connectivity index (χ0v) is 20.4. The van der Waals surface area contributed by atoms with Crippen LogP contribution in [-0.4, -0.2) is 29.4 Å². The van der Waals surface area contributed by atoms with E-state index in [1.54, 1.807) is 6.92 Å². The first-order valence-electron chi connectivity index (χ1n) is 12.5. The van der Waals surface area contributed by atoms with Crippen molar-refractivity contribution in [3.63, 3.8) is 0 Å². The van der Waals surface area contributed by atoms with Crippen molar-refractivity contribution in [3.8, 4) is 5.75 Å². The summed E-state index contributed by atoms with van der Waals surface area (Å²) in [5, 5.41) is 2.95. The Bertz CT molecular complexity index is 1220. The number of hydrogen-bond donors (Lipinski definition) is 1. The third-order valence-electron chi connectivity index (χ3n) is 6.90. The highest BCUT2D eigenvalue weighted by atomic mass is 16.5. The van der Waals surface area contributed by atoms with Crippen LogP contribution in [0.25, 0.3) is 0 Å². The molecule has 3 aromatic rings. The van der Waals surface area contributed by atoms with Crippen molar-refractivity contribution in [2.24, 2.45) is 5.92 Å². The molecule has 1 heterocycles. The molecule has 1 N–H and O–H groups in total. The van der Waals surface area contributed by atoms with Crippen LogP contribution in [0, 0.1) is 12.8 Å². The van der Waals surface area contributed by atoms with Gasteiger partial charge in [0.15, 0.2) is 6.10 Å². The zero-order chi connectivity index (χ0) is 24.4. The van der Waals surface area contributed by atoms with Gasteiger partial charge in [0, 0.05) is 19.0 Å². The molecule has 5 heteroatoms. The summed E-state index contributed by atoms with van der Waals surface area (Å²) in [6.45, 7) is 5.03. The van der Waals surface area contributed by atoms with Gasteiger partial charge in [-0.1, -0.05) is 66.2 Å². The molecule has 35 heavy (non-hydrogen) atoms. The van der Waals surface area contributed by atoms with Crippen LogP contribution in [0.4, 0.5) is 0 Å². The smallest absolute Gasteiger partial charge is 0.261 e. The molecule has 1 fully saturated rings. The Balaban J connectivity index is 1.37. The summed E-state index contributed by atoms with van der Waals surface area (Å²) in [5.74, 6) is 0.899. The maximum absolute atomic E-state index is 13.2. The first-order valence-corrected chi connectivity index (χ1v) is 12.5. The molecule has 2 aliphatic rings. The van der Waals surface area contributed by atoms with Gasteiger partial charge in [-0.3, -0.25) is 9.59 Å². The Hall–Kier alpha value is -3.60. The largest absolute Gasteiger partial charge is 0.481 e. The van der Waals surface area contributed by atoms with E-state index in [1.165, 1.54) is 11.1 Å². The molecule has 0 bridgehead atoms. The fraction of sp³-hybridized carbons (Fsp3) is 0.333. The highest BCUT2D eigenvalue weighted by Crippen LogP contribution is 2.41. The lowest BCUT2D eigenvalue weighted by Gasteiger charge is -2.38.